The predicted molar refractivity (Wildman–Crippen MR) is 120 cm³/mol. The van der Waals surface area contributed by atoms with Crippen molar-refractivity contribution >= 4 is 17.6 Å². The summed E-state index contributed by atoms with van der Waals surface area (Å²) in [6, 6.07) is 2.24. The summed E-state index contributed by atoms with van der Waals surface area (Å²) in [5.74, 6) is -3.68. The predicted octanol–water partition coefficient (Wildman–Crippen LogP) is 2.62. The van der Waals surface area contributed by atoms with E-state index in [0.29, 0.717) is 0 Å². The molecule has 3 N–H and O–H groups in total. The summed E-state index contributed by atoms with van der Waals surface area (Å²) >= 11 is 0. The number of aryl methyl sites for hydroxylation is 2. The fourth-order valence-corrected chi connectivity index (χ4v) is 5.28. The zero-order chi connectivity index (χ0) is 24.7. The van der Waals surface area contributed by atoms with Crippen molar-refractivity contribution in [2.24, 2.45) is 0 Å². The third-order valence-electron chi connectivity index (χ3n) is 6.91. The van der Waals surface area contributed by atoms with Crippen LogP contribution < -0.4 is 5.32 Å². The number of nitrogens with zero attached hydrogens (tertiary/aromatic N) is 4. The second kappa shape index (κ2) is 8.88. The van der Waals surface area contributed by atoms with Crippen LogP contribution in [0.1, 0.15) is 54.1 Å². The number of fused-ring (bicyclic) bond motifs is 2. The van der Waals surface area contributed by atoms with Gasteiger partial charge in [0.05, 0.1) is 24.8 Å². The molecule has 1 atom stereocenters. The van der Waals surface area contributed by atoms with Gasteiger partial charge in [-0.15, -0.1) is 0 Å². The highest BCUT2D eigenvalue weighted by atomic mass is 19.1. The van der Waals surface area contributed by atoms with Crippen molar-refractivity contribution in [2.45, 2.75) is 63.1 Å². The number of carboxylic acid groups (broad SMARTS) is 1. The van der Waals surface area contributed by atoms with Gasteiger partial charge in [0.2, 0.25) is 11.5 Å². The molecule has 1 aromatic carbocycles. The highest BCUT2D eigenvalue weighted by Gasteiger charge is 2.48. The SMILES string of the molecule is O=C(CCC(O)(C(=O)O)C(n1cc(F)cn1)n1cc(F)cn1)Nc1c2c(cc3c1CCC3)CCC2. The number of nitrogens with one attached hydrogen (secondary N) is 1. The maximum atomic E-state index is 13.7. The smallest absolute Gasteiger partial charge is 0.340 e. The average molecular weight is 485 g/mol. The molecule has 0 saturated carbocycles. The fraction of sp³-hybridized carbons (Fsp3) is 0.417. The first-order valence-electron chi connectivity index (χ1n) is 11.6. The summed E-state index contributed by atoms with van der Waals surface area (Å²) < 4.78 is 29.1. The van der Waals surface area contributed by atoms with Crippen molar-refractivity contribution in [3.63, 3.8) is 0 Å². The number of hydrogen-bond donors (Lipinski definition) is 3. The number of aliphatic carboxylic acids is 1. The van der Waals surface area contributed by atoms with E-state index in [1.54, 1.807) is 0 Å². The first-order valence-corrected chi connectivity index (χ1v) is 11.6. The number of carboxylic acids is 1. The van der Waals surface area contributed by atoms with Crippen LogP contribution in [0.2, 0.25) is 0 Å². The number of aliphatic hydroxyl groups is 1. The van der Waals surface area contributed by atoms with Gasteiger partial charge in [0.25, 0.3) is 0 Å². The molecular formula is C24H25F2N5O4. The molecule has 184 valence electrons. The van der Waals surface area contributed by atoms with Gasteiger partial charge in [0, 0.05) is 12.1 Å². The van der Waals surface area contributed by atoms with E-state index in [0.717, 1.165) is 89.5 Å². The normalized spacial score (nSPS) is 16.2. The van der Waals surface area contributed by atoms with Crippen molar-refractivity contribution in [1.29, 1.82) is 0 Å². The van der Waals surface area contributed by atoms with Gasteiger partial charge in [0.15, 0.2) is 17.8 Å². The molecule has 2 aromatic heterocycles. The van der Waals surface area contributed by atoms with Gasteiger partial charge in [-0.2, -0.15) is 10.2 Å². The minimum atomic E-state index is -2.64. The lowest BCUT2D eigenvalue weighted by Crippen LogP contribution is -2.50. The zero-order valence-electron chi connectivity index (χ0n) is 18.9. The van der Waals surface area contributed by atoms with E-state index in [1.807, 2.05) is 0 Å². The molecule has 11 heteroatoms. The maximum absolute atomic E-state index is 13.7. The maximum Gasteiger partial charge on any atom is 0.340 e. The second-order valence-electron chi connectivity index (χ2n) is 9.16. The fourth-order valence-electron chi connectivity index (χ4n) is 5.28. The van der Waals surface area contributed by atoms with Gasteiger partial charge in [0.1, 0.15) is 0 Å². The molecule has 35 heavy (non-hydrogen) atoms. The van der Waals surface area contributed by atoms with Crippen LogP contribution in [-0.2, 0) is 35.3 Å². The van der Waals surface area contributed by atoms with Crippen LogP contribution in [0.25, 0.3) is 0 Å². The van der Waals surface area contributed by atoms with Crippen molar-refractivity contribution in [1.82, 2.24) is 19.6 Å². The second-order valence-corrected chi connectivity index (χ2v) is 9.16. The number of hydrogen-bond acceptors (Lipinski definition) is 5. The quantitative estimate of drug-likeness (QED) is 0.451. The van der Waals surface area contributed by atoms with Crippen molar-refractivity contribution in [2.75, 3.05) is 5.32 Å². The van der Waals surface area contributed by atoms with E-state index in [1.165, 1.54) is 11.1 Å². The van der Waals surface area contributed by atoms with E-state index in [-0.39, 0.29) is 6.42 Å². The minimum absolute atomic E-state index is 0.342. The molecule has 0 spiro atoms. The van der Waals surface area contributed by atoms with E-state index < -0.39 is 41.7 Å². The molecule has 0 fully saturated rings. The molecule has 5 rings (SSSR count). The lowest BCUT2D eigenvalue weighted by molar-refractivity contribution is -0.167. The number of halogens is 2. The summed E-state index contributed by atoms with van der Waals surface area (Å²) in [5, 5.41) is 31.7. The van der Waals surface area contributed by atoms with Crippen molar-refractivity contribution in [3.8, 4) is 0 Å². The number of rotatable bonds is 8. The standard InChI is InChI=1S/C24H25F2N5O4/c25-16-10-27-30(12-16)22(31-13-17(26)11-28-31)24(35,23(33)34)8-7-20(32)29-21-18-5-1-3-14(18)9-15-4-2-6-19(15)21/h9-13,22,35H,1-8H2,(H,29,32)(H,33,34). The van der Waals surface area contributed by atoms with Gasteiger partial charge < -0.3 is 15.5 Å². The van der Waals surface area contributed by atoms with E-state index in [2.05, 4.69) is 21.6 Å². The third kappa shape index (κ3) is 4.20. The summed E-state index contributed by atoms with van der Waals surface area (Å²) in [4.78, 5) is 25.3. The first kappa shape index (κ1) is 23.2. The Bertz CT molecular complexity index is 1230. The van der Waals surface area contributed by atoms with Crippen LogP contribution in [-0.4, -0.2) is 47.3 Å². The molecule has 2 aliphatic rings. The molecule has 3 aromatic rings. The van der Waals surface area contributed by atoms with Crippen LogP contribution in [0, 0.1) is 11.6 Å². The topological polar surface area (TPSA) is 122 Å². The summed E-state index contributed by atoms with van der Waals surface area (Å²) in [7, 11) is 0. The third-order valence-corrected chi connectivity index (χ3v) is 6.91. The molecule has 2 heterocycles. The van der Waals surface area contributed by atoms with Crippen molar-refractivity contribution < 1.29 is 28.6 Å². The molecular weight excluding hydrogens is 460 g/mol. The highest BCUT2D eigenvalue weighted by Crippen LogP contribution is 2.39. The number of amides is 1. The Kier molecular flexibility index (Phi) is 5.87. The lowest BCUT2D eigenvalue weighted by atomic mass is 9.93. The minimum Gasteiger partial charge on any atom is -0.479 e. The highest BCUT2D eigenvalue weighted by molar-refractivity contribution is 5.94. The Balaban J connectivity index is 1.41. The van der Waals surface area contributed by atoms with Crippen molar-refractivity contribution in [3.05, 3.63) is 64.7 Å². The summed E-state index contributed by atoms with van der Waals surface area (Å²) in [6.07, 6.45) is 6.59. The summed E-state index contributed by atoms with van der Waals surface area (Å²) in [6.45, 7) is 0. The molecule has 2 aliphatic carbocycles. The van der Waals surface area contributed by atoms with Gasteiger partial charge in [-0.05, 0) is 67.2 Å². The number of benzene rings is 1. The van der Waals surface area contributed by atoms with Gasteiger partial charge in [-0.3, -0.25) is 4.79 Å². The van der Waals surface area contributed by atoms with Crippen LogP contribution in [0.4, 0.5) is 14.5 Å². The Morgan fingerprint density at radius 2 is 1.54 bits per heavy atom. The number of carbonyl (C=O) groups is 2. The monoisotopic (exact) mass is 485 g/mol. The average Bonchev–Trinajstić information content (AvgIpc) is 3.61. The number of anilines is 1. The molecule has 0 radical (unpaired) electrons. The molecule has 9 nitrogen and oxygen atoms in total. The molecule has 1 amide bonds. The number of carbonyl (C=O) groups excluding carboxylic acids is 1. The Hall–Kier alpha value is -3.60. The van der Waals surface area contributed by atoms with E-state index in [9.17, 15) is 28.6 Å². The lowest BCUT2D eigenvalue weighted by Gasteiger charge is -2.32. The molecule has 0 aliphatic heterocycles. The Morgan fingerprint density at radius 3 is 2.00 bits per heavy atom. The largest absolute Gasteiger partial charge is 0.479 e. The molecule has 0 saturated heterocycles. The summed E-state index contributed by atoms with van der Waals surface area (Å²) in [5.41, 5.74) is 2.91. The van der Waals surface area contributed by atoms with Crippen LogP contribution in [0.3, 0.4) is 0 Å². The Labute approximate surface area is 199 Å². The zero-order valence-corrected chi connectivity index (χ0v) is 18.9. The van der Waals surface area contributed by atoms with Gasteiger partial charge >= 0.3 is 5.97 Å². The first-order chi connectivity index (χ1) is 16.8. The number of aromatic nitrogens is 4. The molecule has 0 bridgehead atoms. The van der Waals surface area contributed by atoms with Crippen LogP contribution in [0.5, 0.6) is 0 Å². The van der Waals surface area contributed by atoms with Crippen LogP contribution >= 0.6 is 0 Å². The van der Waals surface area contributed by atoms with Gasteiger partial charge in [-0.25, -0.2) is 22.9 Å². The van der Waals surface area contributed by atoms with Crippen LogP contribution in [0.15, 0.2) is 30.9 Å². The van der Waals surface area contributed by atoms with E-state index in [4.69, 9.17) is 0 Å². The molecule has 1 unspecified atom stereocenters. The van der Waals surface area contributed by atoms with Gasteiger partial charge in [-0.1, -0.05) is 6.07 Å². The van der Waals surface area contributed by atoms with E-state index >= 15 is 0 Å². The Morgan fingerprint density at radius 1 is 1.00 bits per heavy atom.